The molecule has 1 radical (unpaired) electrons. The zero-order chi connectivity index (χ0) is 24.3. The molecule has 3 heteroatoms. The van der Waals surface area contributed by atoms with Gasteiger partial charge in [0.05, 0.1) is 0 Å². The van der Waals surface area contributed by atoms with Crippen LogP contribution >= 0.6 is 16.1 Å². The molecule has 1 heterocycles. The fraction of sp³-hybridized carbons (Fsp3) is 0.323. The van der Waals surface area contributed by atoms with E-state index in [0.717, 1.165) is 8.19 Å². The van der Waals surface area contributed by atoms with Crippen molar-refractivity contribution in [2.24, 2.45) is 0 Å². The van der Waals surface area contributed by atoms with Gasteiger partial charge in [-0.3, -0.25) is 0 Å². The van der Waals surface area contributed by atoms with Gasteiger partial charge in [0.2, 0.25) is 0 Å². The summed E-state index contributed by atoms with van der Waals surface area (Å²) in [6, 6.07) is 17.9. The smallest absolute Gasteiger partial charge is 0.0226 e. The van der Waals surface area contributed by atoms with Crippen LogP contribution in [0.4, 0.5) is 0 Å². The monoisotopic (exact) mass is 529 g/mol. The first-order valence-electron chi connectivity index (χ1n) is 11.8. The summed E-state index contributed by atoms with van der Waals surface area (Å²) in [5.74, 6) is 3.88. The second-order valence-electron chi connectivity index (χ2n) is 9.36. The largest absolute Gasteiger partial charge is 0.136 e. The van der Waals surface area contributed by atoms with Gasteiger partial charge in [0.15, 0.2) is 0 Å². The molecule has 4 rings (SSSR count). The van der Waals surface area contributed by atoms with Crippen LogP contribution in [-0.4, -0.2) is 0 Å². The zero-order valence-corrected chi connectivity index (χ0v) is 25.2. The summed E-state index contributed by atoms with van der Waals surface area (Å²) in [6.45, 7) is 20.0. The van der Waals surface area contributed by atoms with Gasteiger partial charge in [-0.25, -0.2) is 0 Å². The minimum atomic E-state index is -0.334. The number of allylic oxidation sites excluding steroid dienone is 4. The SMILES string of the molecule is C[C]1C(C)=C(C)C(C)=C1C.Cc1ccccc1P(Cc1[pH]cc(C)c1C)c1ccccc1C.[Fe]. The molecular weight excluding hydrogens is 490 g/mol. The van der Waals surface area contributed by atoms with Gasteiger partial charge in [-0.1, -0.05) is 66.6 Å². The van der Waals surface area contributed by atoms with E-state index < -0.39 is 0 Å². The molecule has 0 bridgehead atoms. The minimum Gasteiger partial charge on any atom is -0.136 e. The number of benzene rings is 2. The summed E-state index contributed by atoms with van der Waals surface area (Å²) in [5.41, 5.74) is 11.7. The molecule has 0 N–H and O–H groups in total. The molecule has 0 spiro atoms. The second kappa shape index (κ2) is 12.6. The quantitative estimate of drug-likeness (QED) is 0.234. The molecule has 0 nitrogen and oxygen atoms in total. The summed E-state index contributed by atoms with van der Waals surface area (Å²) in [6.07, 6.45) is 1.20. The normalized spacial score (nSPS) is 14.1. The third-order valence-corrected chi connectivity index (χ3v) is 12.0. The predicted molar refractivity (Wildman–Crippen MR) is 153 cm³/mol. The van der Waals surface area contributed by atoms with E-state index >= 15 is 0 Å². The first kappa shape index (κ1) is 28.9. The molecule has 2 aromatic carbocycles. The van der Waals surface area contributed by atoms with Gasteiger partial charge >= 0.3 is 0 Å². The predicted octanol–water partition coefficient (Wildman–Crippen LogP) is 8.85. The molecule has 181 valence electrons. The van der Waals surface area contributed by atoms with E-state index in [1.54, 1.807) is 5.30 Å². The van der Waals surface area contributed by atoms with Crippen LogP contribution in [0.25, 0.3) is 0 Å². The summed E-state index contributed by atoms with van der Waals surface area (Å²) >= 11 is 0. The molecule has 1 atom stereocenters. The maximum atomic E-state index is 2.41. The van der Waals surface area contributed by atoms with Gasteiger partial charge in [0.1, 0.15) is 0 Å². The van der Waals surface area contributed by atoms with E-state index in [0.29, 0.717) is 0 Å². The third kappa shape index (κ3) is 6.25. The molecule has 0 fully saturated rings. The molecule has 0 amide bonds. The molecular formula is C31H39FeP2. The van der Waals surface area contributed by atoms with Gasteiger partial charge in [0, 0.05) is 29.1 Å². The minimum absolute atomic E-state index is 0. The van der Waals surface area contributed by atoms with Gasteiger partial charge in [-0.15, -0.1) is 8.19 Å². The Morgan fingerprint density at radius 2 is 1.03 bits per heavy atom. The van der Waals surface area contributed by atoms with Crippen molar-refractivity contribution in [2.45, 2.75) is 68.5 Å². The number of hydrogen-bond acceptors (Lipinski definition) is 0. The van der Waals surface area contributed by atoms with Crippen molar-refractivity contribution in [3.8, 4) is 0 Å². The molecule has 0 aliphatic heterocycles. The van der Waals surface area contributed by atoms with Gasteiger partial charge in [-0.05, 0) is 118 Å². The molecule has 3 aromatic rings. The van der Waals surface area contributed by atoms with Gasteiger partial charge < -0.3 is 0 Å². The maximum Gasteiger partial charge on any atom is 0.0226 e. The van der Waals surface area contributed by atoms with Crippen molar-refractivity contribution in [1.82, 2.24) is 0 Å². The fourth-order valence-electron chi connectivity index (χ4n) is 4.41. The maximum absolute atomic E-state index is 2.41. The van der Waals surface area contributed by atoms with E-state index in [1.807, 2.05) is 0 Å². The van der Waals surface area contributed by atoms with Gasteiger partial charge in [0.25, 0.3) is 0 Å². The Morgan fingerprint density at radius 1 is 0.588 bits per heavy atom. The van der Waals surface area contributed by atoms with E-state index in [2.05, 4.69) is 117 Å². The van der Waals surface area contributed by atoms with Crippen LogP contribution in [0.3, 0.4) is 0 Å². The van der Waals surface area contributed by atoms with Crippen molar-refractivity contribution >= 4 is 26.7 Å². The topological polar surface area (TPSA) is 0 Å². The summed E-state index contributed by atoms with van der Waals surface area (Å²) in [5, 5.41) is 4.72. The Hall–Kier alpha value is -1.35. The number of aryl methyl sites for hydroxylation is 3. The van der Waals surface area contributed by atoms with Gasteiger partial charge in [-0.2, -0.15) is 0 Å². The van der Waals surface area contributed by atoms with Crippen LogP contribution in [0.2, 0.25) is 0 Å². The summed E-state index contributed by atoms with van der Waals surface area (Å²) < 4.78 is 0. The number of rotatable bonds is 4. The second-order valence-corrected chi connectivity index (χ2v) is 12.7. The Morgan fingerprint density at radius 3 is 1.35 bits per heavy atom. The number of hydrogen-bond donors (Lipinski definition) is 0. The average Bonchev–Trinajstić information content (AvgIpc) is 3.21. The van der Waals surface area contributed by atoms with Crippen molar-refractivity contribution in [1.29, 1.82) is 0 Å². The van der Waals surface area contributed by atoms with Crippen LogP contribution in [-0.2, 0) is 23.2 Å². The van der Waals surface area contributed by atoms with Crippen LogP contribution < -0.4 is 10.6 Å². The van der Waals surface area contributed by atoms with E-state index in [1.165, 1.54) is 67.2 Å². The van der Waals surface area contributed by atoms with Crippen molar-refractivity contribution in [2.75, 3.05) is 0 Å². The van der Waals surface area contributed by atoms with Crippen LogP contribution in [0.1, 0.15) is 62.2 Å². The van der Waals surface area contributed by atoms with E-state index in [4.69, 9.17) is 0 Å². The van der Waals surface area contributed by atoms with Crippen molar-refractivity contribution in [3.05, 3.63) is 110 Å². The molecule has 1 unspecified atom stereocenters. The van der Waals surface area contributed by atoms with E-state index in [9.17, 15) is 0 Å². The van der Waals surface area contributed by atoms with E-state index in [-0.39, 0.29) is 25.0 Å². The molecule has 1 aliphatic carbocycles. The summed E-state index contributed by atoms with van der Waals surface area (Å²) in [7, 11) is 0.537. The average molecular weight is 529 g/mol. The van der Waals surface area contributed by atoms with Crippen LogP contribution in [0.15, 0.2) is 76.6 Å². The first-order chi connectivity index (χ1) is 15.6. The van der Waals surface area contributed by atoms with Crippen molar-refractivity contribution in [3.63, 3.8) is 0 Å². The molecule has 34 heavy (non-hydrogen) atoms. The molecule has 0 saturated heterocycles. The van der Waals surface area contributed by atoms with Crippen LogP contribution in [0, 0.1) is 33.6 Å². The molecule has 1 aromatic heterocycles. The first-order valence-corrected chi connectivity index (χ1v) is 14.5. The van der Waals surface area contributed by atoms with Crippen LogP contribution in [0.5, 0.6) is 0 Å². The Bertz CT molecular complexity index is 1130. The zero-order valence-electron chi connectivity index (χ0n) is 22.2. The van der Waals surface area contributed by atoms with Crippen molar-refractivity contribution < 1.29 is 17.1 Å². The Balaban J connectivity index is 0.000000314. The fourth-order valence-corrected chi connectivity index (χ4v) is 8.96. The Kier molecular flexibility index (Phi) is 10.7. The molecule has 0 saturated carbocycles. The standard InChI is InChI=1S/C21H24P2.C10H15.Fe/c1-15-9-5-7-11-20(15)23(21-12-8-6-10-16(21)2)14-19-18(4)17(3)13-22-19;1-6-7(2)9(4)10(5)8(6)3;/h5-13,22H,14H2,1-4H3;1-5H3;. The molecule has 1 aliphatic rings. The third-order valence-electron chi connectivity index (χ3n) is 7.45. The summed E-state index contributed by atoms with van der Waals surface area (Å²) in [4.78, 5) is 0. The Labute approximate surface area is 221 Å².